The summed E-state index contributed by atoms with van der Waals surface area (Å²) in [7, 11) is -3.26. The van der Waals surface area contributed by atoms with Crippen molar-refractivity contribution in [3.63, 3.8) is 0 Å². The van der Waals surface area contributed by atoms with Crippen LogP contribution in [0, 0.1) is 5.92 Å². The molecule has 0 spiro atoms. The summed E-state index contributed by atoms with van der Waals surface area (Å²) in [5, 5.41) is 2.97. The number of benzene rings is 1. The van der Waals surface area contributed by atoms with Crippen LogP contribution in [-0.2, 0) is 16.6 Å². The molecule has 1 aliphatic carbocycles. The summed E-state index contributed by atoms with van der Waals surface area (Å²) >= 11 is 0. The molecule has 1 fully saturated rings. The van der Waals surface area contributed by atoms with Gasteiger partial charge in [0.2, 0.25) is 10.0 Å². The van der Waals surface area contributed by atoms with Crippen molar-refractivity contribution in [1.82, 2.24) is 10.0 Å². The lowest BCUT2D eigenvalue weighted by molar-refractivity contribution is -0.274. The van der Waals surface area contributed by atoms with E-state index in [4.69, 9.17) is 5.73 Å². The monoisotopic (exact) mass is 408 g/mol. The second-order valence-corrected chi connectivity index (χ2v) is 8.24. The van der Waals surface area contributed by atoms with Crippen molar-refractivity contribution >= 4 is 16.0 Å². The van der Waals surface area contributed by atoms with Crippen molar-refractivity contribution in [3.8, 4) is 5.75 Å². The fourth-order valence-corrected chi connectivity index (χ4v) is 3.84. The largest absolute Gasteiger partial charge is 0.573 e. The van der Waals surface area contributed by atoms with Crippen LogP contribution in [0.1, 0.15) is 24.8 Å². The number of sulfonamides is 1. The van der Waals surface area contributed by atoms with Gasteiger partial charge in [0.05, 0.1) is 12.8 Å². The molecule has 1 aromatic rings. The molecule has 1 aliphatic rings. The highest BCUT2D eigenvalue weighted by molar-refractivity contribution is 7.88. The highest BCUT2D eigenvalue weighted by atomic mass is 32.2. The lowest BCUT2D eigenvalue weighted by Gasteiger charge is -2.20. The van der Waals surface area contributed by atoms with E-state index >= 15 is 0 Å². The topological polar surface area (TPSA) is 106 Å². The Morgan fingerprint density at radius 2 is 1.96 bits per heavy atom. The van der Waals surface area contributed by atoms with Gasteiger partial charge in [0.1, 0.15) is 5.75 Å². The molecule has 1 aromatic carbocycles. The molecular weight excluding hydrogens is 385 g/mol. The molecule has 1 saturated carbocycles. The molecule has 11 heteroatoms. The number of halogens is 3. The summed E-state index contributed by atoms with van der Waals surface area (Å²) in [6.45, 7) is 0.682. The Balaban J connectivity index is 1.82. The quantitative estimate of drug-likeness (QED) is 0.471. The minimum absolute atomic E-state index is 0.118. The van der Waals surface area contributed by atoms with Crippen molar-refractivity contribution in [1.29, 1.82) is 0 Å². The Labute approximate surface area is 156 Å². The van der Waals surface area contributed by atoms with Crippen molar-refractivity contribution in [2.45, 2.75) is 38.2 Å². The smallest absolute Gasteiger partial charge is 0.406 e. The van der Waals surface area contributed by atoms with Crippen molar-refractivity contribution in [2.24, 2.45) is 16.6 Å². The van der Waals surface area contributed by atoms with Gasteiger partial charge < -0.3 is 15.8 Å². The van der Waals surface area contributed by atoms with Crippen molar-refractivity contribution in [3.05, 3.63) is 29.8 Å². The molecule has 0 amide bonds. The van der Waals surface area contributed by atoms with E-state index in [1.807, 2.05) is 0 Å². The van der Waals surface area contributed by atoms with Gasteiger partial charge in [0.15, 0.2) is 5.96 Å². The van der Waals surface area contributed by atoms with E-state index in [1.165, 1.54) is 24.3 Å². The highest BCUT2D eigenvalue weighted by Crippen LogP contribution is 2.25. The Morgan fingerprint density at radius 3 is 2.56 bits per heavy atom. The average molecular weight is 408 g/mol. The number of aliphatic imine (C=N–C) groups is 1. The molecule has 0 bridgehead atoms. The predicted octanol–water partition coefficient (Wildman–Crippen LogP) is 1.71. The molecular formula is C16H23F3N4O3S. The minimum atomic E-state index is -4.72. The van der Waals surface area contributed by atoms with Gasteiger partial charge in [-0.3, -0.25) is 0 Å². The van der Waals surface area contributed by atoms with E-state index in [9.17, 15) is 21.6 Å². The highest BCUT2D eigenvalue weighted by Gasteiger charge is 2.31. The van der Waals surface area contributed by atoms with E-state index < -0.39 is 16.4 Å². The normalized spacial score (nSPS) is 21.3. The van der Waals surface area contributed by atoms with Crippen LogP contribution >= 0.6 is 0 Å². The third kappa shape index (κ3) is 8.04. The van der Waals surface area contributed by atoms with Gasteiger partial charge in [-0.1, -0.05) is 18.6 Å². The molecule has 0 aliphatic heterocycles. The lowest BCUT2D eigenvalue weighted by Crippen LogP contribution is -2.43. The number of hydrogen-bond donors (Lipinski definition) is 3. The van der Waals surface area contributed by atoms with E-state index in [1.54, 1.807) is 0 Å². The van der Waals surface area contributed by atoms with Crippen LogP contribution in [0.25, 0.3) is 0 Å². The zero-order valence-electron chi connectivity index (χ0n) is 14.8. The molecule has 7 nitrogen and oxygen atoms in total. The van der Waals surface area contributed by atoms with Gasteiger partial charge in [-0.25, -0.2) is 18.1 Å². The molecule has 2 atom stereocenters. The van der Waals surface area contributed by atoms with Crippen LogP contribution < -0.4 is 20.5 Å². The van der Waals surface area contributed by atoms with Gasteiger partial charge in [0.25, 0.3) is 0 Å². The molecule has 0 heterocycles. The molecule has 0 radical (unpaired) electrons. The Kier molecular flexibility index (Phi) is 6.93. The molecule has 4 N–H and O–H groups in total. The number of alkyl halides is 3. The maximum absolute atomic E-state index is 12.1. The number of guanidine groups is 1. The summed E-state index contributed by atoms with van der Waals surface area (Å²) < 4.78 is 65.6. The maximum Gasteiger partial charge on any atom is 0.573 e. The van der Waals surface area contributed by atoms with Crippen LogP contribution in [0.5, 0.6) is 5.75 Å². The van der Waals surface area contributed by atoms with Crippen LogP contribution in [-0.4, -0.2) is 39.6 Å². The first kappa shape index (κ1) is 21.3. The number of rotatable bonds is 7. The van der Waals surface area contributed by atoms with E-state index in [-0.39, 0.29) is 30.2 Å². The van der Waals surface area contributed by atoms with Crippen LogP contribution in [0.2, 0.25) is 0 Å². The SMILES string of the molecule is CS(=O)(=O)NC1CCCC1CNC(N)=NCc1ccc(OC(F)(F)F)cc1. The predicted molar refractivity (Wildman–Crippen MR) is 95.6 cm³/mol. The van der Waals surface area contributed by atoms with E-state index in [0.29, 0.717) is 12.1 Å². The Hall–Kier alpha value is -2.01. The summed E-state index contributed by atoms with van der Waals surface area (Å²) in [5.74, 6) is 0.00915. The molecule has 27 heavy (non-hydrogen) atoms. The fourth-order valence-electron chi connectivity index (χ4n) is 2.98. The summed E-state index contributed by atoms with van der Waals surface area (Å²) in [5.41, 5.74) is 6.49. The number of nitrogens with zero attached hydrogens (tertiary/aromatic N) is 1. The Morgan fingerprint density at radius 1 is 1.30 bits per heavy atom. The molecule has 0 saturated heterocycles. The van der Waals surface area contributed by atoms with Gasteiger partial charge in [-0.05, 0) is 36.5 Å². The number of hydrogen-bond acceptors (Lipinski definition) is 4. The van der Waals surface area contributed by atoms with Crippen LogP contribution in [0.15, 0.2) is 29.3 Å². The van der Waals surface area contributed by atoms with Crippen molar-refractivity contribution < 1.29 is 26.3 Å². The first-order chi connectivity index (χ1) is 12.5. The van der Waals surface area contributed by atoms with E-state index in [2.05, 4.69) is 19.8 Å². The molecule has 2 unspecified atom stereocenters. The molecule has 2 rings (SSSR count). The van der Waals surface area contributed by atoms with Gasteiger partial charge in [-0.2, -0.15) is 0 Å². The van der Waals surface area contributed by atoms with Gasteiger partial charge >= 0.3 is 6.36 Å². The number of nitrogens with two attached hydrogens (primary N) is 1. The first-order valence-corrected chi connectivity index (χ1v) is 10.3. The van der Waals surface area contributed by atoms with Crippen LogP contribution in [0.3, 0.4) is 0 Å². The molecule has 152 valence electrons. The number of ether oxygens (including phenoxy) is 1. The summed E-state index contributed by atoms with van der Waals surface area (Å²) in [6.07, 6.45) is -0.991. The Bertz CT molecular complexity index is 751. The van der Waals surface area contributed by atoms with Crippen LogP contribution in [0.4, 0.5) is 13.2 Å². The zero-order valence-corrected chi connectivity index (χ0v) is 15.6. The van der Waals surface area contributed by atoms with Gasteiger partial charge in [0, 0.05) is 12.6 Å². The number of nitrogens with one attached hydrogen (secondary N) is 2. The second kappa shape index (κ2) is 8.79. The zero-order chi connectivity index (χ0) is 20.1. The maximum atomic E-state index is 12.1. The third-order valence-corrected chi connectivity index (χ3v) is 4.89. The minimum Gasteiger partial charge on any atom is -0.406 e. The standard InChI is InChI=1S/C16H23F3N4O3S/c1-27(24,25)23-14-4-2-3-12(14)10-22-15(20)21-9-11-5-7-13(8-6-11)26-16(17,18)19/h5-8,12,14,23H,2-4,9-10H2,1H3,(H3,20,21,22). The average Bonchev–Trinajstić information content (AvgIpc) is 2.96. The summed E-state index contributed by atoms with van der Waals surface area (Å²) in [6, 6.07) is 5.24. The third-order valence-electron chi connectivity index (χ3n) is 4.16. The summed E-state index contributed by atoms with van der Waals surface area (Å²) in [4.78, 5) is 4.14. The fraction of sp³-hybridized carbons (Fsp3) is 0.562. The first-order valence-electron chi connectivity index (χ1n) is 8.37. The second-order valence-electron chi connectivity index (χ2n) is 6.46. The lowest BCUT2D eigenvalue weighted by atomic mass is 10.1. The van der Waals surface area contributed by atoms with Crippen molar-refractivity contribution in [2.75, 3.05) is 12.8 Å². The van der Waals surface area contributed by atoms with E-state index in [0.717, 1.165) is 25.5 Å². The molecule has 0 aromatic heterocycles. The van der Waals surface area contributed by atoms with Gasteiger partial charge in [-0.15, -0.1) is 13.2 Å².